The third kappa shape index (κ3) is 3.66. The number of nitrogens with zero attached hydrogens (tertiary/aromatic N) is 2. The van der Waals surface area contributed by atoms with E-state index in [9.17, 15) is 0 Å². The van der Waals surface area contributed by atoms with Crippen LogP contribution in [0.25, 0.3) is 11.4 Å². The Labute approximate surface area is 122 Å². The molecule has 1 aromatic carbocycles. The summed E-state index contributed by atoms with van der Waals surface area (Å²) in [6.07, 6.45) is 5.34. The highest BCUT2D eigenvalue weighted by molar-refractivity contribution is 6.42. The van der Waals surface area contributed by atoms with Gasteiger partial charge in [0.05, 0.1) is 10.0 Å². The number of hydrogen-bond acceptors (Lipinski definition) is 3. The standard InChI is InChI=1S/C14H15Cl2N3/c1-2-11(17)5-9-7-18-14(19-8-9)10-3-4-12(15)13(16)6-10/h3-4,6-8,11H,2,5,17H2,1H3. The molecule has 100 valence electrons. The fraction of sp³-hybridized carbons (Fsp3) is 0.286. The molecule has 0 aliphatic carbocycles. The average Bonchev–Trinajstić information content (AvgIpc) is 2.42. The molecular weight excluding hydrogens is 281 g/mol. The predicted octanol–water partition coefficient (Wildman–Crippen LogP) is 3.73. The molecular formula is C14H15Cl2N3. The number of benzene rings is 1. The largest absolute Gasteiger partial charge is 0.327 e. The van der Waals surface area contributed by atoms with Gasteiger partial charge in [-0.25, -0.2) is 9.97 Å². The highest BCUT2D eigenvalue weighted by Gasteiger charge is 2.06. The first kappa shape index (κ1) is 14.3. The zero-order valence-corrected chi connectivity index (χ0v) is 12.1. The Morgan fingerprint density at radius 3 is 2.42 bits per heavy atom. The maximum atomic E-state index is 5.98. The van der Waals surface area contributed by atoms with Crippen LogP contribution in [0.15, 0.2) is 30.6 Å². The van der Waals surface area contributed by atoms with Crippen LogP contribution in [-0.2, 0) is 6.42 Å². The molecule has 0 amide bonds. The van der Waals surface area contributed by atoms with Crippen LogP contribution in [0.1, 0.15) is 18.9 Å². The van der Waals surface area contributed by atoms with Gasteiger partial charge in [0.25, 0.3) is 0 Å². The zero-order chi connectivity index (χ0) is 13.8. The van der Waals surface area contributed by atoms with Gasteiger partial charge in [-0.05, 0) is 36.6 Å². The van der Waals surface area contributed by atoms with Crippen LogP contribution in [-0.4, -0.2) is 16.0 Å². The first-order valence-corrected chi connectivity index (χ1v) is 6.87. The van der Waals surface area contributed by atoms with Crippen LogP contribution in [0, 0.1) is 0 Å². The van der Waals surface area contributed by atoms with E-state index in [-0.39, 0.29) is 6.04 Å². The topological polar surface area (TPSA) is 51.8 Å². The van der Waals surface area contributed by atoms with Crippen molar-refractivity contribution in [3.05, 3.63) is 46.2 Å². The van der Waals surface area contributed by atoms with E-state index >= 15 is 0 Å². The molecule has 3 nitrogen and oxygen atoms in total. The van der Waals surface area contributed by atoms with Gasteiger partial charge in [-0.1, -0.05) is 30.1 Å². The van der Waals surface area contributed by atoms with Gasteiger partial charge in [-0.3, -0.25) is 0 Å². The van der Waals surface area contributed by atoms with Gasteiger partial charge in [0.2, 0.25) is 0 Å². The summed E-state index contributed by atoms with van der Waals surface area (Å²) in [6, 6.07) is 5.50. The number of nitrogens with two attached hydrogens (primary N) is 1. The lowest BCUT2D eigenvalue weighted by Crippen LogP contribution is -2.21. The van der Waals surface area contributed by atoms with Crippen molar-refractivity contribution in [2.75, 3.05) is 0 Å². The first-order valence-electron chi connectivity index (χ1n) is 6.12. The lowest BCUT2D eigenvalue weighted by Gasteiger charge is -2.08. The van der Waals surface area contributed by atoms with Crippen molar-refractivity contribution in [1.82, 2.24) is 9.97 Å². The minimum Gasteiger partial charge on any atom is -0.327 e. The van der Waals surface area contributed by atoms with E-state index in [2.05, 4.69) is 16.9 Å². The normalized spacial score (nSPS) is 12.4. The molecule has 2 N–H and O–H groups in total. The van der Waals surface area contributed by atoms with Gasteiger partial charge in [0, 0.05) is 24.0 Å². The van der Waals surface area contributed by atoms with Crippen LogP contribution in [0.5, 0.6) is 0 Å². The maximum absolute atomic E-state index is 5.98. The van der Waals surface area contributed by atoms with Gasteiger partial charge in [0.15, 0.2) is 5.82 Å². The highest BCUT2D eigenvalue weighted by Crippen LogP contribution is 2.26. The summed E-state index contributed by atoms with van der Waals surface area (Å²) in [7, 11) is 0. The molecule has 1 heterocycles. The highest BCUT2D eigenvalue weighted by atomic mass is 35.5. The van der Waals surface area contributed by atoms with Crippen LogP contribution >= 0.6 is 23.2 Å². The van der Waals surface area contributed by atoms with Crippen molar-refractivity contribution in [3.8, 4) is 11.4 Å². The van der Waals surface area contributed by atoms with Gasteiger partial charge >= 0.3 is 0 Å². The van der Waals surface area contributed by atoms with Crippen molar-refractivity contribution in [1.29, 1.82) is 0 Å². The molecule has 1 unspecified atom stereocenters. The summed E-state index contributed by atoms with van der Waals surface area (Å²) in [6.45, 7) is 2.07. The number of halogens is 2. The fourth-order valence-corrected chi connectivity index (χ4v) is 1.99. The summed E-state index contributed by atoms with van der Waals surface area (Å²) in [5, 5.41) is 1.02. The van der Waals surface area contributed by atoms with E-state index in [0.29, 0.717) is 15.9 Å². The number of hydrogen-bond donors (Lipinski definition) is 1. The second kappa shape index (κ2) is 6.33. The molecule has 0 spiro atoms. The van der Waals surface area contributed by atoms with Gasteiger partial charge in [-0.2, -0.15) is 0 Å². The molecule has 0 aliphatic heterocycles. The number of aromatic nitrogens is 2. The van der Waals surface area contributed by atoms with Crippen molar-refractivity contribution >= 4 is 23.2 Å². The quantitative estimate of drug-likeness (QED) is 0.935. The van der Waals surface area contributed by atoms with E-state index in [0.717, 1.165) is 24.0 Å². The van der Waals surface area contributed by atoms with E-state index < -0.39 is 0 Å². The Bertz CT molecular complexity index is 555. The SMILES string of the molecule is CCC(N)Cc1cnc(-c2ccc(Cl)c(Cl)c2)nc1. The molecule has 0 fully saturated rings. The molecule has 5 heteroatoms. The predicted molar refractivity (Wildman–Crippen MR) is 79.5 cm³/mol. The van der Waals surface area contributed by atoms with Crippen molar-refractivity contribution in [2.24, 2.45) is 5.73 Å². The second-order valence-electron chi connectivity index (χ2n) is 4.42. The van der Waals surface area contributed by atoms with Crippen LogP contribution in [0.4, 0.5) is 0 Å². The lowest BCUT2D eigenvalue weighted by atomic mass is 10.1. The molecule has 1 atom stereocenters. The Kier molecular flexibility index (Phi) is 4.75. The molecule has 1 aromatic heterocycles. The second-order valence-corrected chi connectivity index (χ2v) is 5.23. The van der Waals surface area contributed by atoms with Crippen LogP contribution < -0.4 is 5.73 Å². The van der Waals surface area contributed by atoms with Gasteiger partial charge < -0.3 is 5.73 Å². The molecule has 19 heavy (non-hydrogen) atoms. The Morgan fingerprint density at radius 2 is 1.84 bits per heavy atom. The third-order valence-electron chi connectivity index (χ3n) is 2.91. The molecule has 0 aliphatic rings. The summed E-state index contributed by atoms with van der Waals surface area (Å²) < 4.78 is 0. The Morgan fingerprint density at radius 1 is 1.16 bits per heavy atom. The van der Waals surface area contributed by atoms with E-state index in [1.807, 2.05) is 6.07 Å². The van der Waals surface area contributed by atoms with Gasteiger partial charge in [0.1, 0.15) is 0 Å². The fourth-order valence-electron chi connectivity index (χ4n) is 1.69. The number of rotatable bonds is 4. The van der Waals surface area contributed by atoms with E-state index in [1.54, 1.807) is 24.5 Å². The third-order valence-corrected chi connectivity index (χ3v) is 3.64. The maximum Gasteiger partial charge on any atom is 0.159 e. The van der Waals surface area contributed by atoms with Crippen molar-refractivity contribution in [2.45, 2.75) is 25.8 Å². The molecule has 2 rings (SSSR count). The molecule has 0 saturated carbocycles. The molecule has 0 radical (unpaired) electrons. The van der Waals surface area contributed by atoms with E-state index in [4.69, 9.17) is 28.9 Å². The summed E-state index contributed by atoms with van der Waals surface area (Å²) in [4.78, 5) is 8.68. The minimum absolute atomic E-state index is 0.152. The van der Waals surface area contributed by atoms with Crippen LogP contribution in [0.3, 0.4) is 0 Å². The van der Waals surface area contributed by atoms with Gasteiger partial charge in [-0.15, -0.1) is 0 Å². The summed E-state index contributed by atoms with van der Waals surface area (Å²) >= 11 is 11.9. The summed E-state index contributed by atoms with van der Waals surface area (Å²) in [5.41, 5.74) is 7.79. The van der Waals surface area contributed by atoms with E-state index in [1.165, 1.54) is 0 Å². The zero-order valence-electron chi connectivity index (χ0n) is 10.6. The molecule has 2 aromatic rings. The average molecular weight is 296 g/mol. The lowest BCUT2D eigenvalue weighted by molar-refractivity contribution is 0.643. The monoisotopic (exact) mass is 295 g/mol. The molecule has 0 bridgehead atoms. The van der Waals surface area contributed by atoms with Crippen molar-refractivity contribution in [3.63, 3.8) is 0 Å². The smallest absolute Gasteiger partial charge is 0.159 e. The Balaban J connectivity index is 2.20. The summed E-state index contributed by atoms with van der Waals surface area (Å²) in [5.74, 6) is 0.632. The van der Waals surface area contributed by atoms with Crippen LogP contribution in [0.2, 0.25) is 10.0 Å². The Hall–Kier alpha value is -1.16. The van der Waals surface area contributed by atoms with Crippen molar-refractivity contribution < 1.29 is 0 Å². The molecule has 0 saturated heterocycles. The minimum atomic E-state index is 0.152. The first-order chi connectivity index (χ1) is 9.10.